The van der Waals surface area contributed by atoms with Gasteiger partial charge in [-0.15, -0.1) is 27.8 Å². The normalized spacial score (nSPS) is 12.8. The van der Waals surface area contributed by atoms with Crippen molar-refractivity contribution in [3.05, 3.63) is 44.1 Å². The van der Waals surface area contributed by atoms with Crippen molar-refractivity contribution in [1.82, 2.24) is 25.1 Å². The molecule has 0 amide bonds. The first-order valence-electron chi connectivity index (χ1n) is 7.66. The molecular formula is C16H15N5OS3. The molecule has 6 nitrogen and oxygen atoms in total. The molecule has 1 atom stereocenters. The number of thioether (sulfide) groups is 1. The zero-order valence-electron chi connectivity index (χ0n) is 13.8. The van der Waals surface area contributed by atoms with Crippen LogP contribution in [0.15, 0.2) is 27.5 Å². The number of H-pyrrole nitrogens is 2. The van der Waals surface area contributed by atoms with Crippen molar-refractivity contribution < 1.29 is 0 Å². The predicted octanol–water partition coefficient (Wildman–Crippen LogP) is 4.30. The fraction of sp³-hybridized carbons (Fsp3) is 0.250. The Morgan fingerprint density at radius 3 is 2.88 bits per heavy atom. The van der Waals surface area contributed by atoms with Crippen LogP contribution in [0.3, 0.4) is 0 Å². The molecule has 0 spiro atoms. The quantitative estimate of drug-likeness (QED) is 0.508. The molecule has 0 aliphatic rings. The number of thiophene rings is 2. The van der Waals surface area contributed by atoms with E-state index in [2.05, 4.69) is 25.1 Å². The highest BCUT2D eigenvalue weighted by Gasteiger charge is 2.18. The average Bonchev–Trinajstić information content (AvgIpc) is 3.29. The Morgan fingerprint density at radius 2 is 2.12 bits per heavy atom. The van der Waals surface area contributed by atoms with Crippen molar-refractivity contribution in [3.8, 4) is 10.7 Å². The zero-order chi connectivity index (χ0) is 17.6. The third-order valence-corrected chi connectivity index (χ3v) is 6.89. The summed E-state index contributed by atoms with van der Waals surface area (Å²) in [4.78, 5) is 27.4. The number of aryl methyl sites for hydroxylation is 2. The maximum atomic E-state index is 12.4. The number of fused-ring (bicyclic) bond motifs is 1. The minimum atomic E-state index is -0.0800. The molecule has 0 aliphatic carbocycles. The molecule has 9 heteroatoms. The van der Waals surface area contributed by atoms with Gasteiger partial charge in [0, 0.05) is 4.88 Å². The first-order chi connectivity index (χ1) is 12.0. The van der Waals surface area contributed by atoms with Crippen molar-refractivity contribution in [3.63, 3.8) is 0 Å². The van der Waals surface area contributed by atoms with E-state index in [0.29, 0.717) is 16.4 Å². The number of hydrogen-bond acceptors (Lipinski definition) is 7. The molecule has 128 valence electrons. The van der Waals surface area contributed by atoms with Gasteiger partial charge in [0.15, 0.2) is 5.82 Å². The van der Waals surface area contributed by atoms with E-state index in [1.807, 2.05) is 38.3 Å². The Hall–Kier alpha value is -1.97. The monoisotopic (exact) mass is 389 g/mol. The van der Waals surface area contributed by atoms with E-state index < -0.39 is 0 Å². The summed E-state index contributed by atoms with van der Waals surface area (Å²) < 4.78 is 0. The molecule has 0 fully saturated rings. The van der Waals surface area contributed by atoms with Gasteiger partial charge in [-0.3, -0.25) is 9.89 Å². The third kappa shape index (κ3) is 3.03. The van der Waals surface area contributed by atoms with Gasteiger partial charge in [0.05, 0.1) is 15.5 Å². The molecule has 0 saturated heterocycles. The number of nitrogens with zero attached hydrogens (tertiary/aromatic N) is 3. The van der Waals surface area contributed by atoms with Crippen LogP contribution in [0.5, 0.6) is 0 Å². The van der Waals surface area contributed by atoms with Crippen LogP contribution in [0.4, 0.5) is 0 Å². The van der Waals surface area contributed by atoms with Gasteiger partial charge in [0.2, 0.25) is 5.16 Å². The van der Waals surface area contributed by atoms with Gasteiger partial charge in [-0.2, -0.15) is 0 Å². The molecule has 0 aromatic carbocycles. The molecule has 2 N–H and O–H groups in total. The zero-order valence-corrected chi connectivity index (χ0v) is 16.2. The fourth-order valence-corrected chi connectivity index (χ4v) is 4.98. The third-order valence-electron chi connectivity index (χ3n) is 3.94. The number of nitrogens with one attached hydrogen (secondary N) is 2. The highest BCUT2D eigenvalue weighted by atomic mass is 32.2. The molecule has 0 bridgehead atoms. The first kappa shape index (κ1) is 16.5. The van der Waals surface area contributed by atoms with Crippen LogP contribution in [0.25, 0.3) is 20.9 Å². The van der Waals surface area contributed by atoms with E-state index in [4.69, 9.17) is 0 Å². The second-order valence-electron chi connectivity index (χ2n) is 5.62. The van der Waals surface area contributed by atoms with Gasteiger partial charge in [-0.1, -0.05) is 17.8 Å². The van der Waals surface area contributed by atoms with Gasteiger partial charge >= 0.3 is 0 Å². The number of aromatic nitrogens is 5. The second kappa shape index (κ2) is 6.40. The van der Waals surface area contributed by atoms with Crippen molar-refractivity contribution in [2.75, 3.05) is 0 Å². The second-order valence-corrected chi connectivity index (χ2v) is 9.08. The smallest absolute Gasteiger partial charge is 0.259 e. The Bertz CT molecular complexity index is 1090. The number of aromatic amines is 2. The van der Waals surface area contributed by atoms with Gasteiger partial charge in [0.25, 0.3) is 5.56 Å². The summed E-state index contributed by atoms with van der Waals surface area (Å²) in [6, 6.07) is 3.98. The van der Waals surface area contributed by atoms with Gasteiger partial charge < -0.3 is 4.98 Å². The topological polar surface area (TPSA) is 87.3 Å². The Labute approximate surface area is 155 Å². The lowest BCUT2D eigenvalue weighted by Gasteiger charge is -2.07. The summed E-state index contributed by atoms with van der Waals surface area (Å²) in [5, 5.41) is 10.5. The molecule has 0 radical (unpaired) electrons. The van der Waals surface area contributed by atoms with Crippen LogP contribution in [0.2, 0.25) is 0 Å². The molecule has 25 heavy (non-hydrogen) atoms. The highest BCUT2D eigenvalue weighted by molar-refractivity contribution is 7.99. The SMILES string of the molecule is Cc1sc2nc([C@H](C)Sc3n[nH]c(-c4cccs4)n3)[nH]c(=O)c2c1C. The van der Waals surface area contributed by atoms with E-state index in [1.54, 1.807) is 22.7 Å². The predicted molar refractivity (Wildman–Crippen MR) is 104 cm³/mol. The molecule has 4 aromatic rings. The summed E-state index contributed by atoms with van der Waals surface area (Å²) in [7, 11) is 0. The molecule has 0 unspecified atom stereocenters. The molecule has 0 aliphatic heterocycles. The number of hydrogen-bond donors (Lipinski definition) is 2. The lowest BCUT2D eigenvalue weighted by Crippen LogP contribution is -2.12. The largest absolute Gasteiger partial charge is 0.309 e. The first-order valence-corrected chi connectivity index (χ1v) is 10.2. The maximum Gasteiger partial charge on any atom is 0.259 e. The molecule has 4 rings (SSSR count). The van der Waals surface area contributed by atoms with Crippen molar-refractivity contribution in [2.45, 2.75) is 31.2 Å². The van der Waals surface area contributed by atoms with E-state index in [9.17, 15) is 4.79 Å². The van der Waals surface area contributed by atoms with Gasteiger partial charge in [0.1, 0.15) is 10.7 Å². The van der Waals surface area contributed by atoms with E-state index in [1.165, 1.54) is 11.8 Å². The molecular weight excluding hydrogens is 374 g/mol. The van der Waals surface area contributed by atoms with Crippen LogP contribution in [0, 0.1) is 13.8 Å². The van der Waals surface area contributed by atoms with Crippen LogP contribution >= 0.6 is 34.4 Å². The fourth-order valence-electron chi connectivity index (χ4n) is 2.50. The summed E-state index contributed by atoms with van der Waals surface area (Å²) in [5.41, 5.74) is 0.929. The standard InChI is InChI=1S/C16H15N5OS3/c1-7-8(2)24-15-11(7)14(22)17-12(18-15)9(3)25-16-19-13(20-21-16)10-5-4-6-23-10/h4-6,9H,1-3H3,(H,17,18,22)(H,19,20,21)/t9-/m0/s1. The summed E-state index contributed by atoms with van der Waals surface area (Å²) in [6.45, 7) is 5.96. The Kier molecular flexibility index (Phi) is 4.22. The van der Waals surface area contributed by atoms with Crippen LogP contribution in [-0.2, 0) is 0 Å². The summed E-state index contributed by atoms with van der Waals surface area (Å²) in [6.07, 6.45) is 0. The summed E-state index contributed by atoms with van der Waals surface area (Å²) in [5.74, 6) is 1.40. The van der Waals surface area contributed by atoms with Crippen molar-refractivity contribution in [2.24, 2.45) is 0 Å². The average molecular weight is 390 g/mol. The lowest BCUT2D eigenvalue weighted by molar-refractivity contribution is 0.906. The minimum Gasteiger partial charge on any atom is -0.309 e. The minimum absolute atomic E-state index is 0.0632. The van der Waals surface area contributed by atoms with Gasteiger partial charge in [-0.05, 0) is 37.8 Å². The molecule has 0 saturated carbocycles. The van der Waals surface area contributed by atoms with Crippen molar-refractivity contribution >= 4 is 44.7 Å². The van der Waals surface area contributed by atoms with E-state index in [0.717, 1.165) is 26.0 Å². The Balaban J connectivity index is 1.62. The van der Waals surface area contributed by atoms with Crippen LogP contribution in [-0.4, -0.2) is 25.1 Å². The van der Waals surface area contributed by atoms with E-state index >= 15 is 0 Å². The number of rotatable bonds is 4. The maximum absolute atomic E-state index is 12.4. The lowest BCUT2D eigenvalue weighted by atomic mass is 10.2. The highest BCUT2D eigenvalue weighted by Crippen LogP contribution is 2.33. The Morgan fingerprint density at radius 1 is 1.28 bits per heavy atom. The van der Waals surface area contributed by atoms with Gasteiger partial charge in [-0.25, -0.2) is 9.97 Å². The molecule has 4 heterocycles. The van der Waals surface area contributed by atoms with Crippen molar-refractivity contribution in [1.29, 1.82) is 0 Å². The molecule has 4 aromatic heterocycles. The van der Waals surface area contributed by atoms with E-state index in [-0.39, 0.29) is 10.8 Å². The summed E-state index contributed by atoms with van der Waals surface area (Å²) >= 11 is 4.63. The van der Waals surface area contributed by atoms with Crippen LogP contribution in [0.1, 0.15) is 28.4 Å². The van der Waals surface area contributed by atoms with Crippen LogP contribution < -0.4 is 5.56 Å².